The Morgan fingerprint density at radius 2 is 1.71 bits per heavy atom. The van der Waals surface area contributed by atoms with Gasteiger partial charge in [0.2, 0.25) is 5.91 Å². The number of likely N-dealkylation sites (tertiary alicyclic amines) is 2. The van der Waals surface area contributed by atoms with Crippen molar-refractivity contribution in [2.45, 2.75) is 162 Å². The number of benzene rings is 1. The van der Waals surface area contributed by atoms with Gasteiger partial charge in [-0.05, 0) is 132 Å². The van der Waals surface area contributed by atoms with Crippen LogP contribution in [0.3, 0.4) is 0 Å². The molecule has 7 rings (SSSR count). The second-order valence-corrected chi connectivity index (χ2v) is 23.2. The zero-order valence-electron chi connectivity index (χ0n) is 46.7. The Balaban J connectivity index is 1.02. The minimum absolute atomic E-state index is 0.00541. The number of aromatic nitrogens is 2. The van der Waals surface area contributed by atoms with Crippen molar-refractivity contribution in [2.75, 3.05) is 78.1 Å². The molecule has 0 radical (unpaired) electrons. The molecular formula is C58H85N9O8. The Morgan fingerprint density at radius 3 is 2.35 bits per heavy atom. The molecule has 0 aliphatic carbocycles. The van der Waals surface area contributed by atoms with Gasteiger partial charge in [0, 0.05) is 94.7 Å². The first-order valence-electron chi connectivity index (χ1n) is 27.5. The van der Waals surface area contributed by atoms with Crippen LogP contribution < -0.4 is 15.6 Å². The van der Waals surface area contributed by atoms with Gasteiger partial charge in [-0.25, -0.2) is 5.43 Å². The summed E-state index contributed by atoms with van der Waals surface area (Å²) in [7, 11) is 3.17. The molecule has 0 spiro atoms. The molecule has 410 valence electrons. The average Bonchev–Trinajstić information content (AvgIpc) is 3.93. The summed E-state index contributed by atoms with van der Waals surface area (Å²) >= 11 is 0. The van der Waals surface area contributed by atoms with Crippen molar-refractivity contribution in [2.24, 2.45) is 11.3 Å². The summed E-state index contributed by atoms with van der Waals surface area (Å²) in [5.41, 5.74) is 5.82. The number of nitrogens with one attached hydrogen (secondary N) is 2. The van der Waals surface area contributed by atoms with Gasteiger partial charge in [-0.3, -0.25) is 34.1 Å². The van der Waals surface area contributed by atoms with E-state index < -0.39 is 63.7 Å². The minimum Gasteiger partial charge on any atom is -0.378 e. The zero-order valence-corrected chi connectivity index (χ0v) is 46.7. The van der Waals surface area contributed by atoms with Crippen LogP contribution in [0.25, 0.3) is 22.2 Å². The molecule has 4 amide bonds. The number of methoxy groups -OCH3 is 1. The molecule has 75 heavy (non-hydrogen) atoms. The van der Waals surface area contributed by atoms with Gasteiger partial charge in [0.05, 0.1) is 42.8 Å². The Morgan fingerprint density at radius 1 is 0.973 bits per heavy atom. The number of ether oxygens (including phenoxy) is 2. The Labute approximate surface area is 445 Å². The maximum absolute atomic E-state index is 14.3. The molecule has 2 aromatic heterocycles. The van der Waals surface area contributed by atoms with E-state index in [1.165, 1.54) is 57.8 Å². The Hall–Kier alpha value is -5.38. The van der Waals surface area contributed by atoms with Gasteiger partial charge < -0.3 is 44.0 Å². The molecule has 4 fully saturated rings. The van der Waals surface area contributed by atoms with Crippen molar-refractivity contribution in [3.63, 3.8) is 0 Å². The number of piperidine rings is 1. The van der Waals surface area contributed by atoms with Crippen molar-refractivity contribution < 1.29 is 38.6 Å². The van der Waals surface area contributed by atoms with E-state index in [0.717, 1.165) is 67.9 Å². The second kappa shape index (κ2) is 23.9. The van der Waals surface area contributed by atoms with Crippen LogP contribution in [-0.2, 0) is 46.4 Å². The number of anilines is 1. The molecule has 0 saturated carbocycles. The largest absolute Gasteiger partial charge is 0.378 e. The van der Waals surface area contributed by atoms with Crippen LogP contribution in [0.4, 0.5) is 5.69 Å². The molecule has 4 aliphatic heterocycles. The molecule has 6 heterocycles. The number of hydrogen-bond donors (Lipinski definition) is 3. The number of pyridine rings is 1. The maximum atomic E-state index is 14.3. The van der Waals surface area contributed by atoms with Crippen LogP contribution >= 0.6 is 0 Å². The number of carbonyl (C=O) groups is 5. The summed E-state index contributed by atoms with van der Waals surface area (Å²) in [6, 6.07) is 8.96. The minimum atomic E-state index is -1.92. The lowest BCUT2D eigenvalue weighted by Gasteiger charge is -2.42. The van der Waals surface area contributed by atoms with Gasteiger partial charge in [0.15, 0.2) is 5.60 Å². The molecule has 1 aromatic carbocycles. The Bertz CT molecular complexity index is 2610. The summed E-state index contributed by atoms with van der Waals surface area (Å²) < 4.78 is 14.8. The third-order valence-corrected chi connectivity index (χ3v) is 16.1. The predicted molar refractivity (Wildman–Crippen MR) is 291 cm³/mol. The fourth-order valence-corrected chi connectivity index (χ4v) is 11.5. The van der Waals surface area contributed by atoms with Crippen LogP contribution in [-0.4, -0.2) is 166 Å². The van der Waals surface area contributed by atoms with Crippen LogP contribution in [0.2, 0.25) is 0 Å². The van der Waals surface area contributed by atoms with E-state index in [1.54, 1.807) is 27.9 Å². The molecule has 17 nitrogen and oxygen atoms in total. The lowest BCUT2D eigenvalue weighted by Crippen LogP contribution is -2.66. The van der Waals surface area contributed by atoms with Gasteiger partial charge in [0.1, 0.15) is 23.9 Å². The monoisotopic (exact) mass is 1040 g/mol. The molecular weight excluding hydrogens is 951 g/mol. The SMILES string of the molecule is CC[C@H](NC(=O)[C@H](C(C)C)N(C)C(=O)C1(O)CCN(C(=O)C#CC(C)(C)N2CCC2)C1)C(=O)N1CCCC(C=O)(COCC(C)(C)Cc2c(-c3cccnc3[C@H](C)OC)n(CC)c3ccc(N4CCCCC4)cc23)N1. The molecule has 0 bridgehead atoms. The van der Waals surface area contributed by atoms with E-state index in [9.17, 15) is 29.1 Å². The number of carbonyl (C=O) groups excluding carboxylic acids is 5. The predicted octanol–water partition coefficient (Wildman–Crippen LogP) is 5.90. The average molecular weight is 1040 g/mol. The van der Waals surface area contributed by atoms with Crippen LogP contribution in [0, 0.1) is 23.2 Å². The molecule has 17 heteroatoms. The van der Waals surface area contributed by atoms with Crippen molar-refractivity contribution in [1.82, 2.24) is 40.0 Å². The van der Waals surface area contributed by atoms with E-state index in [4.69, 9.17) is 14.5 Å². The number of β-amino-alcohol motifs (C(OH)–C–C–N with tert-alkyl or cyclic N) is 1. The highest BCUT2D eigenvalue weighted by Gasteiger charge is 2.49. The second-order valence-electron chi connectivity index (χ2n) is 23.2. The quantitative estimate of drug-likeness (QED) is 0.0903. The number of fused-ring (bicyclic) bond motifs is 1. The van der Waals surface area contributed by atoms with Gasteiger partial charge in [-0.2, -0.15) is 0 Å². The van der Waals surface area contributed by atoms with Crippen molar-refractivity contribution in [1.29, 1.82) is 0 Å². The first kappa shape index (κ1) is 57.3. The molecule has 4 aliphatic rings. The number of nitrogens with zero attached hydrogens (tertiary/aromatic N) is 7. The van der Waals surface area contributed by atoms with Gasteiger partial charge in [0.25, 0.3) is 17.7 Å². The summed E-state index contributed by atoms with van der Waals surface area (Å²) in [5.74, 6) is 3.27. The maximum Gasteiger partial charge on any atom is 0.298 e. The summed E-state index contributed by atoms with van der Waals surface area (Å²) in [6.45, 7) is 23.1. The third kappa shape index (κ3) is 12.6. The fourth-order valence-electron chi connectivity index (χ4n) is 11.5. The number of likely N-dealkylation sites (N-methyl/N-ethyl adjacent to an activating group) is 1. The fraction of sp³-hybridized carbons (Fsp3) is 0.655. The number of aryl methyl sites for hydroxylation is 1. The highest BCUT2D eigenvalue weighted by Crippen LogP contribution is 2.42. The lowest BCUT2D eigenvalue weighted by molar-refractivity contribution is -0.156. The standard InChI is InChI=1S/C58H85N9O8/c1-12-46(60-52(70)50(40(3)4)62(10)54(72)58(73)26-33-64(36-58)48(69)23-25-56(8,9)65-30-19-31-65)53(71)67-32-18-24-57(37-68,61-67)39-75-38-55(6,7)35-45-44-34-42(63-28-15-14-16-29-63)21-22-47(44)66(13-2)51(45)43-20-17-27-59-49(43)41(5)74-11/h17,20-22,27,34,37,40-41,46,50,61,73H,12-16,18-19,24,26,28-33,35-36,38-39H2,1-11H3,(H,60,70)/t41-,46-,50-,57?,58?/m0/s1. The summed E-state index contributed by atoms with van der Waals surface area (Å²) in [4.78, 5) is 81.0. The van der Waals surface area contributed by atoms with Crippen molar-refractivity contribution >= 4 is 46.5 Å². The van der Waals surface area contributed by atoms with E-state index >= 15 is 0 Å². The van der Waals surface area contributed by atoms with Crippen LogP contribution in [0.15, 0.2) is 36.5 Å². The third-order valence-electron chi connectivity index (χ3n) is 16.1. The number of hydrogen-bond acceptors (Lipinski definition) is 12. The molecule has 3 N–H and O–H groups in total. The first-order chi connectivity index (χ1) is 35.6. The first-order valence-corrected chi connectivity index (χ1v) is 27.5. The molecule has 3 aromatic rings. The topological polar surface area (TPSA) is 182 Å². The molecule has 5 atom stereocenters. The van der Waals surface area contributed by atoms with Gasteiger partial charge >= 0.3 is 0 Å². The Kier molecular flexibility index (Phi) is 18.3. The highest BCUT2D eigenvalue weighted by atomic mass is 16.5. The van der Waals surface area contributed by atoms with E-state index in [1.807, 2.05) is 33.0 Å². The van der Waals surface area contributed by atoms with E-state index in [0.29, 0.717) is 32.4 Å². The van der Waals surface area contributed by atoms with Gasteiger partial charge in [-0.1, -0.05) is 40.5 Å². The lowest BCUT2D eigenvalue weighted by atomic mass is 9.84. The van der Waals surface area contributed by atoms with Crippen LogP contribution in [0.5, 0.6) is 0 Å². The number of rotatable bonds is 20. The molecule has 2 unspecified atom stereocenters. The summed E-state index contributed by atoms with van der Waals surface area (Å²) in [5, 5.41) is 17.2. The highest BCUT2D eigenvalue weighted by molar-refractivity contribution is 5.97. The van der Waals surface area contributed by atoms with Crippen molar-refractivity contribution in [3.8, 4) is 23.1 Å². The normalized spacial score (nSPS) is 21.8. The molecule has 4 saturated heterocycles. The number of aliphatic hydroxyl groups is 1. The number of aldehydes is 1. The smallest absolute Gasteiger partial charge is 0.298 e. The summed E-state index contributed by atoms with van der Waals surface area (Å²) in [6.07, 6.45) is 8.97. The van der Waals surface area contributed by atoms with E-state index in [2.05, 4.69) is 82.0 Å². The van der Waals surface area contributed by atoms with Crippen molar-refractivity contribution in [3.05, 3.63) is 47.8 Å². The number of amides is 4. The number of hydrazine groups is 1. The van der Waals surface area contributed by atoms with Crippen LogP contribution in [0.1, 0.15) is 131 Å². The van der Waals surface area contributed by atoms with E-state index in [-0.39, 0.29) is 38.6 Å². The van der Waals surface area contributed by atoms with Gasteiger partial charge in [-0.15, -0.1) is 0 Å². The zero-order chi connectivity index (χ0) is 54.5.